The van der Waals surface area contributed by atoms with Crippen LogP contribution in [0, 0.1) is 17.5 Å². The smallest absolute Gasteiger partial charge is 0.194 e. The van der Waals surface area contributed by atoms with Crippen LogP contribution in [-0.4, -0.2) is 78.3 Å². The van der Waals surface area contributed by atoms with Crippen LogP contribution in [0.3, 0.4) is 0 Å². The molecule has 0 bridgehead atoms. The Morgan fingerprint density at radius 1 is 1.06 bits per heavy atom. The number of hydrogen-bond donors (Lipinski definition) is 2. The van der Waals surface area contributed by atoms with Gasteiger partial charge >= 0.3 is 0 Å². The minimum absolute atomic E-state index is 0.0227. The zero-order chi connectivity index (χ0) is 25.4. The lowest BCUT2D eigenvalue weighted by Crippen LogP contribution is -2.57. The molecule has 2 aliphatic rings. The van der Waals surface area contributed by atoms with Crippen molar-refractivity contribution in [1.29, 1.82) is 0 Å². The van der Waals surface area contributed by atoms with E-state index in [4.69, 9.17) is 9.47 Å². The van der Waals surface area contributed by atoms with E-state index < -0.39 is 54.5 Å². The van der Waals surface area contributed by atoms with E-state index in [1.54, 1.807) is 4.68 Å². The molecule has 1 saturated carbocycles. The number of nitrogens with zero attached hydrogens (tertiary/aromatic N) is 6. The zero-order valence-electron chi connectivity index (χ0n) is 19.5. The van der Waals surface area contributed by atoms with Gasteiger partial charge in [-0.05, 0) is 25.0 Å². The maximum absolute atomic E-state index is 13.7. The molecule has 1 aromatic carbocycles. The molecule has 194 valence electrons. The maximum Gasteiger partial charge on any atom is 0.194 e. The average molecular weight is 509 g/mol. The number of hydrogen-bond acceptors (Lipinski definition) is 8. The highest BCUT2D eigenvalue weighted by atomic mass is 19.2. The molecule has 0 radical (unpaired) electrons. The minimum atomic E-state index is -1.58. The predicted molar refractivity (Wildman–Crippen MR) is 118 cm³/mol. The lowest BCUT2D eigenvalue weighted by atomic mass is 9.92. The fourth-order valence-electron chi connectivity index (χ4n) is 5.17. The van der Waals surface area contributed by atoms with Crippen molar-refractivity contribution in [1.82, 2.24) is 30.0 Å². The second kappa shape index (κ2) is 10.2. The number of aliphatic hydroxyl groups excluding tert-OH is 2. The van der Waals surface area contributed by atoms with E-state index in [0.29, 0.717) is 5.92 Å². The lowest BCUT2D eigenvalue weighted by molar-refractivity contribution is -0.216. The van der Waals surface area contributed by atoms with E-state index in [9.17, 15) is 23.4 Å². The largest absolute Gasteiger partial charge is 0.394 e. The molecule has 0 unspecified atom stereocenters. The van der Waals surface area contributed by atoms with Gasteiger partial charge in [-0.25, -0.2) is 22.5 Å². The highest BCUT2D eigenvalue weighted by Gasteiger charge is 2.47. The maximum atomic E-state index is 13.7. The first-order valence-corrected chi connectivity index (χ1v) is 11.8. The van der Waals surface area contributed by atoms with Crippen molar-refractivity contribution in [2.45, 2.75) is 68.6 Å². The summed E-state index contributed by atoms with van der Waals surface area (Å²) in [4.78, 5) is 0. The summed E-state index contributed by atoms with van der Waals surface area (Å²) in [7, 11) is 1.45. The Morgan fingerprint density at radius 2 is 1.78 bits per heavy atom. The topological polar surface area (TPSA) is 120 Å². The summed E-state index contributed by atoms with van der Waals surface area (Å²) in [6, 6.07) is 0.764. The van der Waals surface area contributed by atoms with Crippen molar-refractivity contribution in [3.8, 4) is 11.3 Å². The molecule has 0 amide bonds. The number of benzene rings is 1. The van der Waals surface area contributed by atoms with Gasteiger partial charge in [0, 0.05) is 24.8 Å². The van der Waals surface area contributed by atoms with Gasteiger partial charge in [0.25, 0.3) is 0 Å². The Labute approximate surface area is 204 Å². The van der Waals surface area contributed by atoms with E-state index in [2.05, 4.69) is 20.6 Å². The third-order valence-electron chi connectivity index (χ3n) is 7.03. The van der Waals surface area contributed by atoms with E-state index in [1.807, 2.05) is 6.20 Å². The van der Waals surface area contributed by atoms with Gasteiger partial charge in [-0.3, -0.25) is 0 Å². The number of rotatable bonds is 7. The molecule has 13 heteroatoms. The van der Waals surface area contributed by atoms with Crippen molar-refractivity contribution in [3.63, 3.8) is 0 Å². The van der Waals surface area contributed by atoms with Crippen LogP contribution < -0.4 is 0 Å². The standard InChI is InChI=1S/C23H27F3N6O4/c1-35-23-18(10-31-8-16(27-29-31)12-4-2-3-5-12)36-19(11-33)22(34)21(23)32-9-17(28-30-32)13-6-14(24)20(26)15(25)7-13/h6-9,12,18-19,21-23,33-34H,2-5,10-11H2,1H3/t18-,19-,21+,22+,23+/m1/s1. The fourth-order valence-corrected chi connectivity index (χ4v) is 5.17. The highest BCUT2D eigenvalue weighted by molar-refractivity contribution is 5.57. The average Bonchev–Trinajstić information content (AvgIpc) is 3.64. The molecule has 0 spiro atoms. The quantitative estimate of drug-likeness (QED) is 0.465. The van der Waals surface area contributed by atoms with Gasteiger partial charge < -0.3 is 19.7 Å². The van der Waals surface area contributed by atoms with E-state index >= 15 is 0 Å². The van der Waals surface area contributed by atoms with Gasteiger partial charge in [0.2, 0.25) is 0 Å². The molecule has 3 heterocycles. The van der Waals surface area contributed by atoms with Crippen LogP contribution in [0.1, 0.15) is 43.3 Å². The van der Waals surface area contributed by atoms with E-state index in [0.717, 1.165) is 30.7 Å². The molecule has 36 heavy (non-hydrogen) atoms. The van der Waals surface area contributed by atoms with Crippen LogP contribution in [0.15, 0.2) is 24.5 Å². The van der Waals surface area contributed by atoms with Gasteiger partial charge in [0.1, 0.15) is 36.2 Å². The number of aliphatic hydroxyl groups is 2. The first-order valence-electron chi connectivity index (χ1n) is 11.8. The molecular weight excluding hydrogens is 481 g/mol. The van der Waals surface area contributed by atoms with Crippen molar-refractivity contribution in [3.05, 3.63) is 47.7 Å². The minimum Gasteiger partial charge on any atom is -0.394 e. The summed E-state index contributed by atoms with van der Waals surface area (Å²) in [5.74, 6) is -3.90. The molecule has 2 aromatic heterocycles. The van der Waals surface area contributed by atoms with Crippen molar-refractivity contribution >= 4 is 0 Å². The van der Waals surface area contributed by atoms with Crippen LogP contribution in [0.5, 0.6) is 0 Å². The predicted octanol–water partition coefficient (Wildman–Crippen LogP) is 1.99. The summed E-state index contributed by atoms with van der Waals surface area (Å²) >= 11 is 0. The van der Waals surface area contributed by atoms with Gasteiger partial charge in [-0.1, -0.05) is 23.3 Å². The summed E-state index contributed by atoms with van der Waals surface area (Å²) in [5, 5.41) is 37.3. The van der Waals surface area contributed by atoms with E-state index in [1.165, 1.54) is 30.8 Å². The SMILES string of the molecule is CO[C@@H]1[C@@H](n2cc(-c3cc(F)c(F)c(F)c3)nn2)[C@@H](O)[C@@H](CO)O[C@@H]1Cn1cc(C2CCCC2)nn1. The molecule has 2 N–H and O–H groups in total. The normalized spacial score (nSPS) is 27.1. The van der Waals surface area contributed by atoms with Crippen LogP contribution in [0.25, 0.3) is 11.3 Å². The van der Waals surface area contributed by atoms with Crippen LogP contribution >= 0.6 is 0 Å². The molecule has 5 atom stereocenters. The Bertz CT molecular complexity index is 1180. The third kappa shape index (κ3) is 4.63. The Balaban J connectivity index is 1.41. The Kier molecular flexibility index (Phi) is 7.06. The Hall–Kier alpha value is -2.87. The second-order valence-corrected chi connectivity index (χ2v) is 9.26. The second-order valence-electron chi connectivity index (χ2n) is 9.26. The van der Waals surface area contributed by atoms with Gasteiger partial charge in [-0.2, -0.15) is 0 Å². The first-order chi connectivity index (χ1) is 17.4. The van der Waals surface area contributed by atoms with Crippen molar-refractivity contribution < 1.29 is 32.9 Å². The molecule has 3 aromatic rings. The van der Waals surface area contributed by atoms with Gasteiger partial charge in [0.15, 0.2) is 17.5 Å². The van der Waals surface area contributed by atoms with Gasteiger partial charge in [0.05, 0.1) is 25.0 Å². The lowest BCUT2D eigenvalue weighted by Gasteiger charge is -2.43. The monoisotopic (exact) mass is 508 g/mol. The number of halogens is 3. The number of methoxy groups -OCH3 is 1. The zero-order valence-corrected chi connectivity index (χ0v) is 19.5. The number of ether oxygens (including phenoxy) is 2. The number of aromatic nitrogens is 6. The molecule has 1 aliphatic carbocycles. The summed E-state index contributed by atoms with van der Waals surface area (Å²) in [6.07, 6.45) is 4.16. The Morgan fingerprint density at radius 3 is 2.44 bits per heavy atom. The third-order valence-corrected chi connectivity index (χ3v) is 7.03. The van der Waals surface area contributed by atoms with Crippen LogP contribution in [-0.2, 0) is 16.0 Å². The van der Waals surface area contributed by atoms with E-state index in [-0.39, 0.29) is 17.8 Å². The highest BCUT2D eigenvalue weighted by Crippen LogP contribution is 2.35. The fraction of sp³-hybridized carbons (Fsp3) is 0.565. The molecular formula is C23H27F3N6O4. The molecule has 2 fully saturated rings. The summed E-state index contributed by atoms with van der Waals surface area (Å²) in [6.45, 7) is -0.223. The van der Waals surface area contributed by atoms with Crippen LogP contribution in [0.2, 0.25) is 0 Å². The van der Waals surface area contributed by atoms with Gasteiger partial charge in [-0.15, -0.1) is 10.2 Å². The first kappa shape index (κ1) is 24.8. The van der Waals surface area contributed by atoms with Crippen molar-refractivity contribution in [2.75, 3.05) is 13.7 Å². The summed E-state index contributed by atoms with van der Waals surface area (Å²) in [5.41, 5.74) is 0.966. The molecule has 5 rings (SSSR count). The molecule has 1 aliphatic heterocycles. The molecule has 1 saturated heterocycles. The summed E-state index contributed by atoms with van der Waals surface area (Å²) < 4.78 is 55.5. The molecule has 10 nitrogen and oxygen atoms in total. The van der Waals surface area contributed by atoms with Crippen molar-refractivity contribution in [2.24, 2.45) is 0 Å². The van der Waals surface area contributed by atoms with Crippen LogP contribution in [0.4, 0.5) is 13.2 Å².